The van der Waals surface area contributed by atoms with Gasteiger partial charge in [0, 0.05) is 52.1 Å². The minimum absolute atomic E-state index is 0.0163. The van der Waals surface area contributed by atoms with Gasteiger partial charge < -0.3 is 15.1 Å². The van der Waals surface area contributed by atoms with Crippen LogP contribution < -0.4 is 10.3 Å². The van der Waals surface area contributed by atoms with Gasteiger partial charge in [0.2, 0.25) is 0 Å². The fourth-order valence-electron chi connectivity index (χ4n) is 2.79. The van der Waals surface area contributed by atoms with Crippen molar-refractivity contribution >= 4 is 40.8 Å². The number of non-ortho nitro benzene ring substituents is 1. The SMILES string of the molecule is O=[N+]([O-])c1ccc(N2CCOCC2)c(/C=N/NCc2c(Cl)cccc2Cl)c1. The molecule has 9 heteroatoms. The fourth-order valence-corrected chi connectivity index (χ4v) is 3.32. The molecule has 0 amide bonds. The molecule has 2 aromatic carbocycles. The third-order valence-electron chi connectivity index (χ3n) is 4.19. The third-order valence-corrected chi connectivity index (χ3v) is 4.89. The highest BCUT2D eigenvalue weighted by Gasteiger charge is 2.17. The van der Waals surface area contributed by atoms with Gasteiger partial charge in [-0.25, -0.2) is 0 Å². The van der Waals surface area contributed by atoms with Gasteiger partial charge >= 0.3 is 0 Å². The molecule has 0 atom stereocenters. The molecule has 1 saturated heterocycles. The Kier molecular flexibility index (Phi) is 6.49. The molecular formula is C18H18Cl2N4O3. The summed E-state index contributed by atoms with van der Waals surface area (Å²) >= 11 is 12.3. The Morgan fingerprint density at radius 2 is 1.93 bits per heavy atom. The largest absolute Gasteiger partial charge is 0.378 e. The Morgan fingerprint density at radius 3 is 2.59 bits per heavy atom. The topological polar surface area (TPSA) is 80.0 Å². The summed E-state index contributed by atoms with van der Waals surface area (Å²) in [5.74, 6) is 0. The van der Waals surface area contributed by atoms with Gasteiger partial charge in [0.1, 0.15) is 0 Å². The van der Waals surface area contributed by atoms with Crippen LogP contribution in [0.1, 0.15) is 11.1 Å². The van der Waals surface area contributed by atoms with Crippen LogP contribution in [0.5, 0.6) is 0 Å². The number of ether oxygens (including phenoxy) is 1. The van der Waals surface area contributed by atoms with Crippen molar-refractivity contribution < 1.29 is 9.66 Å². The Morgan fingerprint density at radius 1 is 1.22 bits per heavy atom. The minimum Gasteiger partial charge on any atom is -0.378 e. The number of nitrogens with zero attached hydrogens (tertiary/aromatic N) is 3. The molecular weight excluding hydrogens is 391 g/mol. The van der Waals surface area contributed by atoms with Crippen LogP contribution in [-0.4, -0.2) is 37.4 Å². The average Bonchev–Trinajstić information content (AvgIpc) is 2.67. The first-order chi connectivity index (χ1) is 13.1. The van der Waals surface area contributed by atoms with E-state index in [1.54, 1.807) is 30.5 Å². The van der Waals surface area contributed by atoms with Gasteiger partial charge in [-0.15, -0.1) is 0 Å². The number of hydrogen-bond donors (Lipinski definition) is 1. The highest BCUT2D eigenvalue weighted by Crippen LogP contribution is 2.26. The summed E-state index contributed by atoms with van der Waals surface area (Å²) in [7, 11) is 0. The summed E-state index contributed by atoms with van der Waals surface area (Å²) in [6.45, 7) is 3.03. The Labute approximate surface area is 166 Å². The summed E-state index contributed by atoms with van der Waals surface area (Å²) in [6.07, 6.45) is 1.57. The maximum absolute atomic E-state index is 11.1. The lowest BCUT2D eigenvalue weighted by Gasteiger charge is -2.29. The van der Waals surface area contributed by atoms with E-state index in [4.69, 9.17) is 27.9 Å². The molecule has 2 aromatic rings. The zero-order valence-electron chi connectivity index (χ0n) is 14.4. The predicted octanol–water partition coefficient (Wildman–Crippen LogP) is 3.86. The van der Waals surface area contributed by atoms with Crippen LogP contribution in [0, 0.1) is 10.1 Å². The van der Waals surface area contributed by atoms with Crippen LogP contribution >= 0.6 is 23.2 Å². The van der Waals surface area contributed by atoms with E-state index < -0.39 is 4.92 Å². The van der Waals surface area contributed by atoms with E-state index in [9.17, 15) is 10.1 Å². The summed E-state index contributed by atoms with van der Waals surface area (Å²) < 4.78 is 5.37. The summed E-state index contributed by atoms with van der Waals surface area (Å²) in [4.78, 5) is 12.8. The summed E-state index contributed by atoms with van der Waals surface area (Å²) in [5, 5.41) is 16.4. The first-order valence-electron chi connectivity index (χ1n) is 8.36. The number of halogens is 2. The molecule has 0 bridgehead atoms. The van der Waals surface area contributed by atoms with Crippen molar-refractivity contribution in [1.29, 1.82) is 0 Å². The van der Waals surface area contributed by atoms with Crippen LogP contribution in [-0.2, 0) is 11.3 Å². The maximum atomic E-state index is 11.1. The predicted molar refractivity (Wildman–Crippen MR) is 107 cm³/mol. The molecule has 0 aromatic heterocycles. The van der Waals surface area contributed by atoms with E-state index in [-0.39, 0.29) is 5.69 Å². The number of rotatable bonds is 6. The van der Waals surface area contributed by atoms with Crippen LogP contribution in [0.4, 0.5) is 11.4 Å². The van der Waals surface area contributed by atoms with Gasteiger partial charge in [-0.3, -0.25) is 10.1 Å². The van der Waals surface area contributed by atoms with Crippen LogP contribution in [0.15, 0.2) is 41.5 Å². The molecule has 1 aliphatic heterocycles. The van der Waals surface area contributed by atoms with E-state index in [1.165, 1.54) is 12.1 Å². The van der Waals surface area contributed by atoms with Gasteiger partial charge in [0.25, 0.3) is 5.69 Å². The van der Waals surface area contributed by atoms with Crippen molar-refractivity contribution in [3.05, 3.63) is 67.7 Å². The highest BCUT2D eigenvalue weighted by molar-refractivity contribution is 6.35. The molecule has 0 saturated carbocycles. The second-order valence-corrected chi connectivity index (χ2v) is 6.71. The molecule has 0 unspecified atom stereocenters. The minimum atomic E-state index is -0.419. The van der Waals surface area contributed by atoms with Crippen molar-refractivity contribution in [2.24, 2.45) is 5.10 Å². The number of morpholine rings is 1. The lowest BCUT2D eigenvalue weighted by atomic mass is 10.1. The maximum Gasteiger partial charge on any atom is 0.270 e. The number of anilines is 1. The van der Waals surface area contributed by atoms with Crippen molar-refractivity contribution in [2.45, 2.75) is 6.54 Å². The molecule has 1 fully saturated rings. The van der Waals surface area contributed by atoms with E-state index in [0.717, 1.165) is 24.3 Å². The Bertz CT molecular complexity index is 834. The van der Waals surface area contributed by atoms with Gasteiger partial charge in [0.15, 0.2) is 0 Å². The molecule has 142 valence electrons. The lowest BCUT2D eigenvalue weighted by molar-refractivity contribution is -0.384. The van der Waals surface area contributed by atoms with E-state index in [2.05, 4.69) is 15.4 Å². The number of hydrazone groups is 1. The first kappa shape index (κ1) is 19.4. The number of benzene rings is 2. The summed E-state index contributed by atoms with van der Waals surface area (Å²) in [6, 6.07) is 10.0. The van der Waals surface area contributed by atoms with Gasteiger partial charge in [-0.1, -0.05) is 29.3 Å². The molecule has 1 heterocycles. The van der Waals surface area contributed by atoms with Crippen LogP contribution in [0.3, 0.4) is 0 Å². The fraction of sp³-hybridized carbons (Fsp3) is 0.278. The highest BCUT2D eigenvalue weighted by atomic mass is 35.5. The third kappa shape index (κ3) is 4.88. The number of nitrogens with one attached hydrogen (secondary N) is 1. The second kappa shape index (κ2) is 9.03. The van der Waals surface area contributed by atoms with Crippen LogP contribution in [0.2, 0.25) is 10.0 Å². The molecule has 0 radical (unpaired) electrons. The normalized spacial score (nSPS) is 14.5. The molecule has 1 N–H and O–H groups in total. The molecule has 7 nitrogen and oxygen atoms in total. The van der Waals surface area contributed by atoms with Crippen LogP contribution in [0.25, 0.3) is 0 Å². The Balaban J connectivity index is 1.78. The van der Waals surface area contributed by atoms with Crippen molar-refractivity contribution in [2.75, 3.05) is 31.2 Å². The first-order valence-corrected chi connectivity index (χ1v) is 9.12. The average molecular weight is 409 g/mol. The Hall–Kier alpha value is -2.35. The number of hydrogen-bond acceptors (Lipinski definition) is 6. The zero-order valence-corrected chi connectivity index (χ0v) is 15.9. The smallest absolute Gasteiger partial charge is 0.270 e. The molecule has 1 aliphatic rings. The van der Waals surface area contributed by atoms with E-state index >= 15 is 0 Å². The van der Waals surface area contributed by atoms with E-state index in [1.807, 2.05) is 0 Å². The van der Waals surface area contributed by atoms with Gasteiger partial charge in [-0.2, -0.15) is 5.10 Å². The number of nitro benzene ring substituents is 1. The van der Waals surface area contributed by atoms with Crippen molar-refractivity contribution in [3.63, 3.8) is 0 Å². The zero-order chi connectivity index (χ0) is 19.2. The second-order valence-electron chi connectivity index (χ2n) is 5.89. The monoisotopic (exact) mass is 408 g/mol. The van der Waals surface area contributed by atoms with Gasteiger partial charge in [0.05, 0.1) is 30.9 Å². The molecule has 0 aliphatic carbocycles. The van der Waals surface area contributed by atoms with Crippen molar-refractivity contribution in [1.82, 2.24) is 5.43 Å². The number of nitro groups is 1. The molecule has 3 rings (SSSR count). The lowest BCUT2D eigenvalue weighted by Crippen LogP contribution is -2.36. The molecule has 0 spiro atoms. The van der Waals surface area contributed by atoms with E-state index in [0.29, 0.717) is 35.4 Å². The quantitative estimate of drug-likeness (QED) is 0.445. The van der Waals surface area contributed by atoms with Gasteiger partial charge in [-0.05, 0) is 18.2 Å². The summed E-state index contributed by atoms with van der Waals surface area (Å²) in [5.41, 5.74) is 5.19. The standard InChI is InChI=1S/C18H18Cl2N4O3/c19-16-2-1-3-17(20)15(16)12-22-21-11-13-10-14(24(25)26)4-5-18(13)23-6-8-27-9-7-23/h1-5,10-11,22H,6-9,12H2/b21-11+. The molecule has 27 heavy (non-hydrogen) atoms. The van der Waals surface area contributed by atoms with Crippen molar-refractivity contribution in [3.8, 4) is 0 Å².